The lowest BCUT2D eigenvalue weighted by Crippen LogP contribution is -2.25. The summed E-state index contributed by atoms with van der Waals surface area (Å²) in [5.74, 6) is -0.988. The molecule has 0 bridgehead atoms. The molecule has 2 aromatic heterocycles. The first-order valence-electron chi connectivity index (χ1n) is 11.0. The number of ether oxygens (including phenoxy) is 1. The second kappa shape index (κ2) is 10.6. The first-order chi connectivity index (χ1) is 17.3. The Labute approximate surface area is 204 Å². The summed E-state index contributed by atoms with van der Waals surface area (Å²) >= 11 is 0. The summed E-state index contributed by atoms with van der Waals surface area (Å²) in [6.45, 7) is 0.968. The summed E-state index contributed by atoms with van der Waals surface area (Å²) in [6.07, 6.45) is -0.912. The highest BCUT2D eigenvalue weighted by Gasteiger charge is 2.30. The standard InChI is InChI=1S/C25H22F3N5O3/c1-36-12-4-10-30-24(35)20-15-31-33-21(9-11-29-22(20)33)16-5-3-8-19(14-16)32-23(34)17-6-2-7-18(13-17)25(26,27)28/h2-3,5-9,11,13-15H,4,10,12H2,1H3,(H,30,35)(H,32,34). The second-order valence-corrected chi connectivity index (χ2v) is 7.84. The van der Waals surface area contributed by atoms with Gasteiger partial charge >= 0.3 is 6.18 Å². The molecule has 0 aliphatic heterocycles. The van der Waals surface area contributed by atoms with E-state index < -0.39 is 17.6 Å². The van der Waals surface area contributed by atoms with Crippen LogP contribution in [0.3, 0.4) is 0 Å². The van der Waals surface area contributed by atoms with E-state index in [0.717, 1.165) is 12.1 Å². The molecule has 2 amide bonds. The van der Waals surface area contributed by atoms with E-state index >= 15 is 0 Å². The number of aromatic nitrogens is 3. The number of carbonyl (C=O) groups is 2. The van der Waals surface area contributed by atoms with Gasteiger partial charge in [0.05, 0.1) is 17.5 Å². The number of alkyl halides is 3. The number of halogens is 3. The fourth-order valence-corrected chi connectivity index (χ4v) is 3.58. The Morgan fingerprint density at radius 3 is 2.64 bits per heavy atom. The molecule has 0 saturated carbocycles. The first-order valence-corrected chi connectivity index (χ1v) is 11.0. The third-order valence-electron chi connectivity index (χ3n) is 5.32. The maximum absolute atomic E-state index is 13.0. The zero-order valence-corrected chi connectivity index (χ0v) is 19.2. The van der Waals surface area contributed by atoms with Gasteiger partial charge in [-0.2, -0.15) is 18.3 Å². The largest absolute Gasteiger partial charge is 0.416 e. The van der Waals surface area contributed by atoms with Crippen LogP contribution in [-0.2, 0) is 10.9 Å². The van der Waals surface area contributed by atoms with Crippen LogP contribution in [0.15, 0.2) is 67.0 Å². The lowest BCUT2D eigenvalue weighted by Gasteiger charge is -2.11. The lowest BCUT2D eigenvalue weighted by atomic mass is 10.1. The molecule has 186 valence electrons. The van der Waals surface area contributed by atoms with Crippen molar-refractivity contribution < 1.29 is 27.5 Å². The minimum Gasteiger partial charge on any atom is -0.385 e. The molecular formula is C25H22F3N5O3. The minimum absolute atomic E-state index is 0.116. The van der Waals surface area contributed by atoms with Gasteiger partial charge in [0.2, 0.25) is 0 Å². The molecule has 0 fully saturated rings. The van der Waals surface area contributed by atoms with Crippen molar-refractivity contribution >= 4 is 23.1 Å². The van der Waals surface area contributed by atoms with Crippen LogP contribution in [-0.4, -0.2) is 46.7 Å². The molecule has 0 aliphatic carbocycles. The van der Waals surface area contributed by atoms with Crippen molar-refractivity contribution in [3.8, 4) is 11.3 Å². The van der Waals surface area contributed by atoms with E-state index in [1.807, 2.05) is 0 Å². The third-order valence-corrected chi connectivity index (χ3v) is 5.32. The number of nitrogens with zero attached hydrogens (tertiary/aromatic N) is 3. The highest BCUT2D eigenvalue weighted by atomic mass is 19.4. The minimum atomic E-state index is -4.55. The third kappa shape index (κ3) is 5.52. The molecule has 36 heavy (non-hydrogen) atoms. The van der Waals surface area contributed by atoms with Crippen LogP contribution in [0.1, 0.15) is 32.7 Å². The maximum atomic E-state index is 13.0. The molecule has 0 saturated heterocycles. The molecule has 0 spiro atoms. The number of benzene rings is 2. The van der Waals surface area contributed by atoms with Gasteiger partial charge in [0.25, 0.3) is 11.8 Å². The number of methoxy groups -OCH3 is 1. The monoisotopic (exact) mass is 497 g/mol. The average molecular weight is 497 g/mol. The van der Waals surface area contributed by atoms with Crippen molar-refractivity contribution in [3.05, 3.63) is 83.7 Å². The molecular weight excluding hydrogens is 475 g/mol. The first kappa shape index (κ1) is 24.9. The summed E-state index contributed by atoms with van der Waals surface area (Å²) < 4.78 is 45.5. The fraction of sp³-hybridized carbons (Fsp3) is 0.200. The van der Waals surface area contributed by atoms with Gasteiger partial charge in [-0.25, -0.2) is 9.50 Å². The van der Waals surface area contributed by atoms with Crippen LogP contribution in [0.25, 0.3) is 16.9 Å². The van der Waals surface area contributed by atoms with Crippen LogP contribution in [0.4, 0.5) is 18.9 Å². The number of hydrogen-bond donors (Lipinski definition) is 2. The van der Waals surface area contributed by atoms with Crippen LogP contribution in [0, 0.1) is 0 Å². The predicted molar refractivity (Wildman–Crippen MR) is 127 cm³/mol. The Morgan fingerprint density at radius 1 is 1.06 bits per heavy atom. The number of amides is 2. The Balaban J connectivity index is 1.56. The number of carbonyl (C=O) groups excluding carboxylic acids is 2. The van der Waals surface area contributed by atoms with Gasteiger partial charge in [0, 0.05) is 43.3 Å². The summed E-state index contributed by atoms with van der Waals surface area (Å²) in [7, 11) is 1.59. The van der Waals surface area contributed by atoms with Crippen molar-refractivity contribution in [2.24, 2.45) is 0 Å². The van der Waals surface area contributed by atoms with E-state index in [1.165, 1.54) is 22.8 Å². The maximum Gasteiger partial charge on any atom is 0.416 e. The highest BCUT2D eigenvalue weighted by molar-refractivity contribution is 6.04. The van der Waals surface area contributed by atoms with E-state index in [1.54, 1.807) is 43.6 Å². The highest BCUT2D eigenvalue weighted by Crippen LogP contribution is 2.30. The zero-order valence-electron chi connectivity index (χ0n) is 19.2. The number of hydrogen-bond acceptors (Lipinski definition) is 5. The van der Waals surface area contributed by atoms with Crippen LogP contribution >= 0.6 is 0 Å². The molecule has 0 aliphatic rings. The van der Waals surface area contributed by atoms with Gasteiger partial charge in [0.15, 0.2) is 5.65 Å². The van der Waals surface area contributed by atoms with Gasteiger partial charge < -0.3 is 15.4 Å². The Morgan fingerprint density at radius 2 is 1.86 bits per heavy atom. The van der Waals surface area contributed by atoms with Gasteiger partial charge in [0.1, 0.15) is 5.56 Å². The molecule has 2 aromatic carbocycles. The number of rotatable bonds is 8. The molecule has 2 heterocycles. The smallest absolute Gasteiger partial charge is 0.385 e. The van der Waals surface area contributed by atoms with Gasteiger partial charge in [-0.3, -0.25) is 9.59 Å². The molecule has 2 N–H and O–H groups in total. The van der Waals surface area contributed by atoms with E-state index in [0.29, 0.717) is 47.7 Å². The van der Waals surface area contributed by atoms with E-state index in [2.05, 4.69) is 20.7 Å². The van der Waals surface area contributed by atoms with Crippen LogP contribution in [0.2, 0.25) is 0 Å². The normalized spacial score (nSPS) is 11.4. The predicted octanol–water partition coefficient (Wildman–Crippen LogP) is 4.43. The van der Waals surface area contributed by atoms with E-state index in [-0.39, 0.29) is 11.5 Å². The molecule has 0 unspecified atom stereocenters. The average Bonchev–Trinajstić information content (AvgIpc) is 3.31. The van der Waals surface area contributed by atoms with Crippen molar-refractivity contribution in [1.82, 2.24) is 19.9 Å². The second-order valence-electron chi connectivity index (χ2n) is 7.84. The molecule has 8 nitrogen and oxygen atoms in total. The Hall–Kier alpha value is -4.25. The van der Waals surface area contributed by atoms with Crippen molar-refractivity contribution in [2.75, 3.05) is 25.6 Å². The van der Waals surface area contributed by atoms with Crippen molar-refractivity contribution in [3.63, 3.8) is 0 Å². The van der Waals surface area contributed by atoms with E-state index in [9.17, 15) is 22.8 Å². The van der Waals surface area contributed by atoms with Crippen molar-refractivity contribution in [1.29, 1.82) is 0 Å². The molecule has 4 rings (SSSR count). The quantitative estimate of drug-likeness (QED) is 0.351. The summed E-state index contributed by atoms with van der Waals surface area (Å²) in [5.41, 5.74) is 1.28. The van der Waals surface area contributed by atoms with Gasteiger partial charge in [-0.1, -0.05) is 18.2 Å². The topological polar surface area (TPSA) is 97.6 Å². The molecule has 0 radical (unpaired) electrons. The fourth-order valence-electron chi connectivity index (χ4n) is 3.58. The zero-order chi connectivity index (χ0) is 25.7. The van der Waals surface area contributed by atoms with Gasteiger partial charge in [-0.05, 0) is 42.8 Å². The number of fused-ring (bicyclic) bond motifs is 1. The molecule has 0 atom stereocenters. The number of anilines is 1. The Bertz CT molecular complexity index is 1400. The lowest BCUT2D eigenvalue weighted by molar-refractivity contribution is -0.137. The van der Waals surface area contributed by atoms with Crippen molar-refractivity contribution in [2.45, 2.75) is 12.6 Å². The van der Waals surface area contributed by atoms with E-state index in [4.69, 9.17) is 4.74 Å². The molecule has 11 heteroatoms. The number of nitrogens with one attached hydrogen (secondary N) is 2. The summed E-state index contributed by atoms with van der Waals surface area (Å²) in [4.78, 5) is 29.4. The summed E-state index contributed by atoms with van der Waals surface area (Å²) in [6, 6.07) is 12.7. The summed E-state index contributed by atoms with van der Waals surface area (Å²) in [5, 5.41) is 9.73. The van der Waals surface area contributed by atoms with Crippen LogP contribution < -0.4 is 10.6 Å². The SMILES string of the molecule is COCCCNC(=O)c1cnn2c(-c3cccc(NC(=O)c4cccc(C(F)(F)F)c4)c3)ccnc12. The van der Waals surface area contributed by atoms with Gasteiger partial charge in [-0.15, -0.1) is 0 Å². The van der Waals surface area contributed by atoms with Crippen LogP contribution in [0.5, 0.6) is 0 Å². The Kier molecular flexibility index (Phi) is 7.30. The molecule has 4 aromatic rings.